The highest BCUT2D eigenvalue weighted by Crippen LogP contribution is 2.51. The molecule has 1 aliphatic heterocycles. The minimum Gasteiger partial charge on any atom is -0.373 e. The van der Waals surface area contributed by atoms with Crippen LogP contribution in [-0.2, 0) is 16.9 Å². The Bertz CT molecular complexity index is 703. The first-order chi connectivity index (χ1) is 12.2. The molecule has 2 nitrogen and oxygen atoms in total. The largest absolute Gasteiger partial charge is 0.373 e. The molecule has 0 aromatic heterocycles. The Hall–Kier alpha value is -0.910. The lowest BCUT2D eigenvalue weighted by Crippen LogP contribution is -2.58. The Balaban J connectivity index is 1.63. The van der Waals surface area contributed by atoms with Crippen LogP contribution in [0.5, 0.6) is 0 Å². The zero-order valence-corrected chi connectivity index (χ0v) is 17.0. The van der Waals surface area contributed by atoms with Gasteiger partial charge in [-0.2, -0.15) is 0 Å². The second-order valence-electron chi connectivity index (χ2n) is 7.51. The van der Waals surface area contributed by atoms with E-state index in [1.807, 2.05) is 7.11 Å². The number of nitrogens with zero attached hydrogens (tertiary/aromatic N) is 1. The molecular formula is C22H26INO. The van der Waals surface area contributed by atoms with Crippen LogP contribution in [0.2, 0.25) is 0 Å². The summed E-state index contributed by atoms with van der Waals surface area (Å²) in [5.41, 5.74) is 2.70. The summed E-state index contributed by atoms with van der Waals surface area (Å²) in [5, 5.41) is 0. The van der Waals surface area contributed by atoms with Crippen molar-refractivity contribution in [3.63, 3.8) is 0 Å². The lowest BCUT2D eigenvalue weighted by Gasteiger charge is -2.55. The summed E-state index contributed by atoms with van der Waals surface area (Å²) < 4.78 is 7.66. The third-order valence-corrected chi connectivity index (χ3v) is 6.81. The van der Waals surface area contributed by atoms with E-state index in [1.54, 1.807) is 0 Å². The van der Waals surface area contributed by atoms with Gasteiger partial charge in [0.25, 0.3) is 0 Å². The lowest BCUT2D eigenvalue weighted by molar-refractivity contribution is -0.170. The number of rotatable bonds is 4. The number of benzene rings is 2. The molecule has 1 aliphatic carbocycles. The monoisotopic (exact) mass is 447 g/mol. The van der Waals surface area contributed by atoms with Gasteiger partial charge < -0.3 is 4.74 Å². The Morgan fingerprint density at radius 3 is 2.40 bits per heavy atom. The van der Waals surface area contributed by atoms with Crippen molar-refractivity contribution in [3.8, 4) is 0 Å². The van der Waals surface area contributed by atoms with Gasteiger partial charge in [0.2, 0.25) is 0 Å². The van der Waals surface area contributed by atoms with Crippen molar-refractivity contribution in [2.75, 3.05) is 20.2 Å². The number of hydrogen-bond donors (Lipinski definition) is 0. The first kappa shape index (κ1) is 17.5. The zero-order chi connectivity index (χ0) is 17.3. The van der Waals surface area contributed by atoms with Crippen molar-refractivity contribution in [2.24, 2.45) is 11.8 Å². The minimum atomic E-state index is -0.105. The van der Waals surface area contributed by atoms with Crippen molar-refractivity contribution in [1.82, 2.24) is 4.90 Å². The summed E-state index contributed by atoms with van der Waals surface area (Å²) in [7, 11) is 1.93. The summed E-state index contributed by atoms with van der Waals surface area (Å²) in [4.78, 5) is 2.65. The van der Waals surface area contributed by atoms with Crippen LogP contribution in [0.3, 0.4) is 0 Å². The molecule has 2 bridgehead atoms. The van der Waals surface area contributed by atoms with Gasteiger partial charge in [0.1, 0.15) is 5.60 Å². The second-order valence-corrected chi connectivity index (χ2v) is 8.76. The average Bonchev–Trinajstić information content (AvgIpc) is 2.62. The van der Waals surface area contributed by atoms with Crippen molar-refractivity contribution >= 4 is 22.6 Å². The van der Waals surface area contributed by atoms with Gasteiger partial charge in [-0.05, 0) is 58.7 Å². The van der Waals surface area contributed by atoms with Crippen molar-refractivity contribution in [1.29, 1.82) is 0 Å². The molecule has 3 heteroatoms. The van der Waals surface area contributed by atoms with Crippen molar-refractivity contribution < 1.29 is 4.74 Å². The average molecular weight is 447 g/mol. The highest BCUT2D eigenvalue weighted by atomic mass is 127. The third kappa shape index (κ3) is 3.26. The fraction of sp³-hybridized carbons (Fsp3) is 0.455. The summed E-state index contributed by atoms with van der Waals surface area (Å²) >= 11 is 2.42. The molecule has 1 saturated heterocycles. The molecule has 0 amide bonds. The number of piperidine rings is 1. The first-order valence-electron chi connectivity index (χ1n) is 9.30. The molecule has 2 fully saturated rings. The molecule has 2 aromatic carbocycles. The van der Waals surface area contributed by atoms with Crippen LogP contribution in [0.1, 0.15) is 30.4 Å². The Labute approximate surface area is 164 Å². The Kier molecular flexibility index (Phi) is 5.16. The normalized spacial score (nSPS) is 29.5. The fourth-order valence-electron chi connectivity index (χ4n) is 5.15. The van der Waals surface area contributed by atoms with E-state index >= 15 is 0 Å². The third-order valence-electron chi connectivity index (χ3n) is 6.14. The maximum absolute atomic E-state index is 6.36. The molecule has 0 N–H and O–H groups in total. The minimum absolute atomic E-state index is 0.105. The summed E-state index contributed by atoms with van der Waals surface area (Å²) in [6.07, 6.45) is 3.87. The molecule has 132 valence electrons. The smallest absolute Gasteiger partial charge is 0.101 e. The van der Waals surface area contributed by atoms with E-state index in [2.05, 4.69) is 82.1 Å². The topological polar surface area (TPSA) is 12.5 Å². The van der Waals surface area contributed by atoms with Gasteiger partial charge in [-0.25, -0.2) is 0 Å². The van der Waals surface area contributed by atoms with Gasteiger partial charge in [-0.1, -0.05) is 48.9 Å². The van der Waals surface area contributed by atoms with Crippen LogP contribution in [0.4, 0.5) is 0 Å². The van der Waals surface area contributed by atoms with Crippen molar-refractivity contribution in [2.45, 2.75) is 31.4 Å². The SMILES string of the molecule is COC1(c2cccc(I)c2)[C@@H]2CCC[C@H]1CN(Cc1ccccc1)C2. The highest BCUT2D eigenvalue weighted by Gasteiger charge is 2.53. The highest BCUT2D eigenvalue weighted by molar-refractivity contribution is 14.1. The first-order valence-corrected chi connectivity index (χ1v) is 10.4. The zero-order valence-electron chi connectivity index (χ0n) is 14.8. The molecule has 4 rings (SSSR count). The number of hydrogen-bond acceptors (Lipinski definition) is 2. The van der Waals surface area contributed by atoms with E-state index in [9.17, 15) is 0 Å². The van der Waals surface area contributed by atoms with E-state index < -0.39 is 0 Å². The molecule has 2 aromatic rings. The van der Waals surface area contributed by atoms with E-state index in [0.29, 0.717) is 11.8 Å². The molecule has 25 heavy (non-hydrogen) atoms. The summed E-state index contributed by atoms with van der Waals surface area (Å²) in [6, 6.07) is 19.9. The lowest BCUT2D eigenvalue weighted by atomic mass is 9.62. The molecule has 1 saturated carbocycles. The second kappa shape index (κ2) is 7.37. The number of fused-ring (bicyclic) bond motifs is 2. The summed E-state index contributed by atoms with van der Waals surface area (Å²) in [6.45, 7) is 3.31. The van der Waals surface area contributed by atoms with Crippen LogP contribution in [0, 0.1) is 15.4 Å². The molecular weight excluding hydrogens is 421 g/mol. The molecule has 1 unspecified atom stereocenters. The van der Waals surface area contributed by atoms with Gasteiger partial charge in [-0.3, -0.25) is 4.90 Å². The molecule has 1 heterocycles. The van der Waals surface area contributed by atoms with Gasteiger partial charge in [-0.15, -0.1) is 0 Å². The Morgan fingerprint density at radius 1 is 1.04 bits per heavy atom. The Morgan fingerprint density at radius 2 is 1.76 bits per heavy atom. The van der Waals surface area contributed by atoms with Gasteiger partial charge in [0.05, 0.1) is 0 Å². The molecule has 2 aliphatic rings. The van der Waals surface area contributed by atoms with Crippen LogP contribution < -0.4 is 0 Å². The standard InChI is InChI=1S/C22H26INO/c1-25-22(18-9-6-12-21(23)13-18)19-10-5-11-20(22)16-24(15-19)14-17-7-3-2-4-8-17/h2-4,6-9,12-13,19-20H,5,10-11,14-16H2,1H3/t19-,20+,22?. The van der Waals surface area contributed by atoms with E-state index in [4.69, 9.17) is 4.74 Å². The fourth-order valence-corrected chi connectivity index (χ4v) is 5.69. The van der Waals surface area contributed by atoms with Crippen molar-refractivity contribution in [3.05, 3.63) is 69.3 Å². The maximum Gasteiger partial charge on any atom is 0.101 e. The van der Waals surface area contributed by atoms with Gasteiger partial charge in [0, 0.05) is 42.2 Å². The number of methoxy groups -OCH3 is 1. The van der Waals surface area contributed by atoms with E-state index in [-0.39, 0.29) is 5.60 Å². The number of likely N-dealkylation sites (tertiary alicyclic amines) is 1. The van der Waals surface area contributed by atoms with E-state index in [1.165, 1.54) is 34.0 Å². The quantitative estimate of drug-likeness (QED) is 0.608. The number of halogens is 1. The summed E-state index contributed by atoms with van der Waals surface area (Å²) in [5.74, 6) is 1.15. The van der Waals surface area contributed by atoms with E-state index in [0.717, 1.165) is 19.6 Å². The maximum atomic E-state index is 6.36. The predicted octanol–water partition coefficient (Wildman–Crippen LogP) is 5.07. The predicted molar refractivity (Wildman–Crippen MR) is 110 cm³/mol. The van der Waals surface area contributed by atoms with Crippen LogP contribution in [-0.4, -0.2) is 25.1 Å². The molecule has 3 atom stereocenters. The number of ether oxygens (including phenoxy) is 1. The molecule has 0 radical (unpaired) electrons. The van der Waals surface area contributed by atoms with Gasteiger partial charge >= 0.3 is 0 Å². The van der Waals surface area contributed by atoms with Crippen LogP contribution in [0.25, 0.3) is 0 Å². The van der Waals surface area contributed by atoms with Crippen LogP contribution >= 0.6 is 22.6 Å². The van der Waals surface area contributed by atoms with Gasteiger partial charge in [0.15, 0.2) is 0 Å². The van der Waals surface area contributed by atoms with Crippen LogP contribution in [0.15, 0.2) is 54.6 Å². The molecule has 0 spiro atoms.